The van der Waals surface area contributed by atoms with Gasteiger partial charge >= 0.3 is 6.09 Å². The maximum Gasteiger partial charge on any atom is 0.411 e. The van der Waals surface area contributed by atoms with Gasteiger partial charge in [0.1, 0.15) is 5.75 Å². The molecule has 1 amide bonds. The minimum absolute atomic E-state index is 0.432. The summed E-state index contributed by atoms with van der Waals surface area (Å²) in [4.78, 5) is 26.3. The van der Waals surface area contributed by atoms with Gasteiger partial charge in [0, 0.05) is 45.1 Å². The topological polar surface area (TPSA) is 82.0 Å². The summed E-state index contributed by atoms with van der Waals surface area (Å²) in [6, 6.07) is 9.10. The third-order valence-corrected chi connectivity index (χ3v) is 4.75. The van der Waals surface area contributed by atoms with Crippen molar-refractivity contribution >= 4 is 17.7 Å². The van der Waals surface area contributed by atoms with Crippen LogP contribution < -0.4 is 14.5 Å². The third-order valence-electron chi connectivity index (χ3n) is 4.75. The van der Waals surface area contributed by atoms with Crippen molar-refractivity contribution < 1.29 is 14.6 Å². The van der Waals surface area contributed by atoms with Crippen molar-refractivity contribution in [3.05, 3.63) is 42.7 Å². The molecule has 0 radical (unpaired) electrons. The first kappa shape index (κ1) is 19.9. The molecule has 0 aliphatic carbocycles. The van der Waals surface area contributed by atoms with Crippen LogP contribution in [0, 0.1) is 0 Å². The molecule has 8 heteroatoms. The second-order valence-corrected chi connectivity index (χ2v) is 6.57. The van der Waals surface area contributed by atoms with E-state index in [0.717, 1.165) is 45.1 Å². The van der Waals surface area contributed by atoms with Crippen molar-refractivity contribution in [1.29, 1.82) is 0 Å². The Morgan fingerprint density at radius 3 is 2.54 bits per heavy atom. The number of benzene rings is 1. The van der Waals surface area contributed by atoms with Crippen LogP contribution in [0.15, 0.2) is 42.7 Å². The zero-order valence-corrected chi connectivity index (χ0v) is 16.2. The standard InChI is InChI=1S/C20H27N5O3/c1-2-28-18-8-4-3-7-17(18)25(20(26)27)12-6-11-23-13-15-24(16-14-23)19-21-9-5-10-22-19/h3-5,7-10H,2,6,11-16H2,1H3,(H,26,27). The first-order chi connectivity index (χ1) is 13.7. The fraction of sp³-hybridized carbons (Fsp3) is 0.450. The van der Waals surface area contributed by atoms with Gasteiger partial charge in [0.15, 0.2) is 0 Å². The van der Waals surface area contributed by atoms with Crippen LogP contribution >= 0.6 is 0 Å². The highest BCUT2D eigenvalue weighted by molar-refractivity contribution is 5.88. The zero-order valence-electron chi connectivity index (χ0n) is 16.2. The summed E-state index contributed by atoms with van der Waals surface area (Å²) < 4.78 is 5.59. The number of aromatic nitrogens is 2. The van der Waals surface area contributed by atoms with E-state index in [1.54, 1.807) is 24.5 Å². The van der Waals surface area contributed by atoms with E-state index in [9.17, 15) is 9.90 Å². The molecule has 8 nitrogen and oxygen atoms in total. The van der Waals surface area contributed by atoms with Crippen LogP contribution in [0.3, 0.4) is 0 Å². The van der Waals surface area contributed by atoms with Crippen LogP contribution in [0.1, 0.15) is 13.3 Å². The number of hydrogen-bond acceptors (Lipinski definition) is 6. The van der Waals surface area contributed by atoms with Gasteiger partial charge in [0.05, 0.1) is 12.3 Å². The number of carbonyl (C=O) groups is 1. The highest BCUT2D eigenvalue weighted by Gasteiger charge is 2.21. The fourth-order valence-corrected chi connectivity index (χ4v) is 3.36. The summed E-state index contributed by atoms with van der Waals surface area (Å²) in [7, 11) is 0. The van der Waals surface area contributed by atoms with Crippen molar-refractivity contribution in [3.8, 4) is 5.75 Å². The van der Waals surface area contributed by atoms with Crippen molar-refractivity contribution in [3.63, 3.8) is 0 Å². The van der Waals surface area contributed by atoms with Crippen LogP contribution in [0.25, 0.3) is 0 Å². The van der Waals surface area contributed by atoms with E-state index in [0.29, 0.717) is 24.6 Å². The molecule has 1 aromatic carbocycles. The van der Waals surface area contributed by atoms with E-state index in [-0.39, 0.29) is 0 Å². The van der Waals surface area contributed by atoms with Gasteiger partial charge in [-0.2, -0.15) is 0 Å². The predicted molar refractivity (Wildman–Crippen MR) is 108 cm³/mol. The first-order valence-electron chi connectivity index (χ1n) is 9.65. The van der Waals surface area contributed by atoms with Gasteiger partial charge in [-0.05, 0) is 38.1 Å². The normalized spacial score (nSPS) is 14.7. The first-order valence-corrected chi connectivity index (χ1v) is 9.65. The number of carboxylic acid groups (broad SMARTS) is 1. The van der Waals surface area contributed by atoms with Crippen molar-refractivity contribution in [2.75, 3.05) is 55.7 Å². The van der Waals surface area contributed by atoms with Crippen LogP contribution in [-0.4, -0.2) is 71.9 Å². The van der Waals surface area contributed by atoms with E-state index < -0.39 is 6.09 Å². The lowest BCUT2D eigenvalue weighted by molar-refractivity contribution is 0.200. The van der Waals surface area contributed by atoms with Gasteiger partial charge < -0.3 is 14.7 Å². The number of hydrogen-bond donors (Lipinski definition) is 1. The van der Waals surface area contributed by atoms with E-state index in [4.69, 9.17) is 4.74 Å². The lowest BCUT2D eigenvalue weighted by Crippen LogP contribution is -2.47. The van der Waals surface area contributed by atoms with Gasteiger partial charge in [0.2, 0.25) is 5.95 Å². The molecule has 1 aliphatic rings. The summed E-state index contributed by atoms with van der Waals surface area (Å²) in [5.74, 6) is 1.37. The molecular weight excluding hydrogens is 358 g/mol. The van der Waals surface area contributed by atoms with Crippen LogP contribution in [0.4, 0.5) is 16.4 Å². The molecule has 2 heterocycles. The van der Waals surface area contributed by atoms with Gasteiger partial charge in [-0.3, -0.25) is 9.80 Å². The second-order valence-electron chi connectivity index (χ2n) is 6.57. The average Bonchev–Trinajstić information content (AvgIpc) is 2.73. The Kier molecular flexibility index (Phi) is 7.02. The van der Waals surface area contributed by atoms with Gasteiger partial charge in [0.25, 0.3) is 0 Å². The third kappa shape index (κ3) is 5.10. The van der Waals surface area contributed by atoms with Crippen molar-refractivity contribution in [2.45, 2.75) is 13.3 Å². The van der Waals surface area contributed by atoms with Crippen LogP contribution in [0.2, 0.25) is 0 Å². The van der Waals surface area contributed by atoms with Gasteiger partial charge in [-0.15, -0.1) is 0 Å². The molecule has 3 rings (SSSR count). The van der Waals surface area contributed by atoms with E-state index in [1.807, 2.05) is 25.1 Å². The number of para-hydroxylation sites is 2. The Balaban J connectivity index is 1.50. The molecule has 0 bridgehead atoms. The van der Waals surface area contributed by atoms with Gasteiger partial charge in [-0.1, -0.05) is 12.1 Å². The molecule has 1 aromatic heterocycles. The molecule has 0 atom stereocenters. The quantitative estimate of drug-likeness (QED) is 0.748. The van der Waals surface area contributed by atoms with Gasteiger partial charge in [-0.25, -0.2) is 14.8 Å². The number of amides is 1. The average molecular weight is 385 g/mol. The molecule has 1 aliphatic heterocycles. The van der Waals surface area contributed by atoms with E-state index in [1.165, 1.54) is 4.90 Å². The Morgan fingerprint density at radius 1 is 1.14 bits per heavy atom. The zero-order chi connectivity index (χ0) is 19.8. The minimum Gasteiger partial charge on any atom is -0.492 e. The van der Waals surface area contributed by atoms with Crippen LogP contribution in [-0.2, 0) is 0 Å². The Labute approximate surface area is 165 Å². The predicted octanol–water partition coefficient (Wildman–Crippen LogP) is 2.57. The van der Waals surface area contributed by atoms with Crippen LogP contribution in [0.5, 0.6) is 5.75 Å². The molecule has 28 heavy (non-hydrogen) atoms. The Morgan fingerprint density at radius 2 is 1.86 bits per heavy atom. The Hall–Kier alpha value is -2.87. The summed E-state index contributed by atoms with van der Waals surface area (Å²) in [5, 5.41) is 9.65. The molecule has 0 saturated carbocycles. The molecule has 1 saturated heterocycles. The highest BCUT2D eigenvalue weighted by atomic mass is 16.5. The molecular formula is C20H27N5O3. The fourth-order valence-electron chi connectivity index (χ4n) is 3.36. The number of rotatable bonds is 8. The molecule has 0 unspecified atom stereocenters. The molecule has 1 fully saturated rings. The lowest BCUT2D eigenvalue weighted by atomic mass is 10.2. The lowest BCUT2D eigenvalue weighted by Gasteiger charge is -2.35. The molecule has 1 N–H and O–H groups in total. The van der Waals surface area contributed by atoms with Crippen molar-refractivity contribution in [1.82, 2.24) is 14.9 Å². The number of anilines is 2. The minimum atomic E-state index is -0.960. The molecule has 2 aromatic rings. The number of piperazine rings is 1. The smallest absolute Gasteiger partial charge is 0.411 e. The maximum atomic E-state index is 11.8. The highest BCUT2D eigenvalue weighted by Crippen LogP contribution is 2.28. The summed E-state index contributed by atoms with van der Waals surface area (Å²) >= 11 is 0. The van der Waals surface area contributed by atoms with E-state index in [2.05, 4.69) is 19.8 Å². The number of ether oxygens (including phenoxy) is 1. The summed E-state index contributed by atoms with van der Waals surface area (Å²) in [6.45, 7) is 7.26. The SMILES string of the molecule is CCOc1ccccc1N(CCCN1CCN(c2ncccn2)CC1)C(=O)O. The number of nitrogens with zero attached hydrogens (tertiary/aromatic N) is 5. The largest absolute Gasteiger partial charge is 0.492 e. The summed E-state index contributed by atoms with van der Waals surface area (Å²) in [6.07, 6.45) is 3.32. The monoisotopic (exact) mass is 385 g/mol. The maximum absolute atomic E-state index is 11.8. The van der Waals surface area contributed by atoms with Crippen molar-refractivity contribution in [2.24, 2.45) is 0 Å². The van der Waals surface area contributed by atoms with E-state index >= 15 is 0 Å². The molecule has 150 valence electrons. The summed E-state index contributed by atoms with van der Waals surface area (Å²) in [5.41, 5.74) is 0.600. The Bertz CT molecular complexity index is 751. The molecule has 0 spiro atoms. The second kappa shape index (κ2) is 9.89.